The second kappa shape index (κ2) is 23.4. The Balaban J connectivity index is 0. The monoisotopic (exact) mass is 547 g/mol. The normalized spacial score (nSPS) is 9.67. The van der Waals surface area contributed by atoms with Crippen LogP contribution in [0.5, 0.6) is 5.75 Å². The summed E-state index contributed by atoms with van der Waals surface area (Å²) in [6.07, 6.45) is 11.7. The van der Waals surface area contributed by atoms with Gasteiger partial charge in [0.1, 0.15) is 10.9 Å². The summed E-state index contributed by atoms with van der Waals surface area (Å²) in [5.74, 6) is 0.474. The molecule has 7 nitrogen and oxygen atoms in total. The van der Waals surface area contributed by atoms with Gasteiger partial charge in [0.25, 0.3) is 0 Å². The molecule has 33 heavy (non-hydrogen) atoms. The first-order valence-corrected chi connectivity index (χ1v) is 12.0. The molecule has 0 atom stereocenters. The van der Waals surface area contributed by atoms with Gasteiger partial charge in [0.05, 0.1) is 18.9 Å². The summed E-state index contributed by atoms with van der Waals surface area (Å²) in [5, 5.41) is 6.00. The van der Waals surface area contributed by atoms with Crippen LogP contribution in [-0.4, -0.2) is 37.3 Å². The van der Waals surface area contributed by atoms with Gasteiger partial charge in [0, 0.05) is 13.0 Å². The highest BCUT2D eigenvalue weighted by molar-refractivity contribution is 8.93. The molecule has 0 fully saturated rings. The van der Waals surface area contributed by atoms with Gasteiger partial charge in [-0.2, -0.15) is 0 Å². The maximum absolute atomic E-state index is 11.6. The highest BCUT2D eigenvalue weighted by atomic mass is 79.9. The minimum absolute atomic E-state index is 0. The van der Waals surface area contributed by atoms with Crippen molar-refractivity contribution in [1.82, 2.24) is 0 Å². The van der Waals surface area contributed by atoms with Crippen molar-refractivity contribution in [2.75, 3.05) is 24.7 Å². The van der Waals surface area contributed by atoms with Crippen molar-refractivity contribution in [2.45, 2.75) is 78.1 Å². The largest absolute Gasteiger partial charge is 0.491 e. The number of ether oxygens (including phenoxy) is 2. The maximum atomic E-state index is 11.6. The first-order chi connectivity index (χ1) is 15.5. The summed E-state index contributed by atoms with van der Waals surface area (Å²) < 4.78 is 10.7. The number of halogens is 1. The second-order valence-electron chi connectivity index (χ2n) is 7.38. The number of nitrogens with two attached hydrogens (primary N) is 1. The molecule has 0 aliphatic carbocycles. The van der Waals surface area contributed by atoms with Crippen molar-refractivity contribution in [3.8, 4) is 5.75 Å². The molecule has 1 aromatic rings. The number of hydrogen-bond donors (Lipinski definition) is 3. The van der Waals surface area contributed by atoms with Crippen LogP contribution in [0.2, 0.25) is 0 Å². The molecule has 0 saturated heterocycles. The Hall–Kier alpha value is -1.74. The van der Waals surface area contributed by atoms with E-state index in [0.717, 1.165) is 24.9 Å². The van der Waals surface area contributed by atoms with Crippen LogP contribution in [0.4, 0.5) is 5.69 Å². The number of carbonyl (C=O) groups is 2. The number of unbranched alkanes of at least 4 members (excludes halogenated alkanes) is 7. The van der Waals surface area contributed by atoms with Gasteiger partial charge < -0.3 is 20.1 Å². The molecule has 0 spiro atoms. The molecule has 1 rings (SSSR count). The first-order valence-electron chi connectivity index (χ1n) is 11.6. The Labute approximate surface area is 215 Å². The Morgan fingerprint density at radius 3 is 2.21 bits per heavy atom. The molecule has 0 aliphatic rings. The number of esters is 1. The van der Waals surface area contributed by atoms with E-state index in [1.54, 1.807) is 11.8 Å². The fourth-order valence-corrected chi connectivity index (χ4v) is 3.09. The highest BCUT2D eigenvalue weighted by Crippen LogP contribution is 2.28. The number of amidine groups is 1. The molecule has 0 unspecified atom stereocenters. The fourth-order valence-electron chi connectivity index (χ4n) is 3.09. The highest BCUT2D eigenvalue weighted by Gasteiger charge is 2.11. The number of anilines is 1. The third-order valence-corrected chi connectivity index (χ3v) is 4.64. The number of nitrogens with one attached hydrogen (secondary N) is 1. The van der Waals surface area contributed by atoms with Gasteiger partial charge in [-0.1, -0.05) is 64.0 Å². The van der Waals surface area contributed by atoms with Gasteiger partial charge in [0.15, 0.2) is 0 Å². The number of amides is 1. The van der Waals surface area contributed by atoms with Crippen molar-refractivity contribution in [2.24, 2.45) is 5.73 Å². The number of nitrogens with zero attached hydrogens (tertiary/aromatic N) is 1. The molecule has 0 saturated carbocycles. The van der Waals surface area contributed by atoms with Crippen molar-refractivity contribution < 1.29 is 19.1 Å². The standard InChI is InChI=1S/C23H37NO4.CH4N2S.BrH/c1-3-5-6-7-8-9-10-13-18-24(20-25)21-15-11-12-16-22(21)28-19-14-17-23(26)27-4-2;2-1(3)4;/h11-12,15-16,20H,3-10,13-14,17-19H2,1-2H3;(H4,2,3,4);1H. The lowest BCUT2D eigenvalue weighted by Gasteiger charge is -2.21. The number of thiol groups is 1. The van der Waals surface area contributed by atoms with Crippen molar-refractivity contribution in [3.05, 3.63) is 24.3 Å². The van der Waals surface area contributed by atoms with Gasteiger partial charge >= 0.3 is 5.97 Å². The topological polar surface area (TPSA) is 106 Å². The van der Waals surface area contributed by atoms with Crippen LogP contribution in [0.15, 0.2) is 24.3 Å². The predicted octanol–water partition coefficient (Wildman–Crippen LogP) is 5.90. The van der Waals surface area contributed by atoms with E-state index in [0.29, 0.717) is 38.3 Å². The van der Waals surface area contributed by atoms with Gasteiger partial charge in [0.2, 0.25) is 6.41 Å². The lowest BCUT2D eigenvalue weighted by atomic mass is 10.1. The van der Waals surface area contributed by atoms with Gasteiger partial charge in [-0.3, -0.25) is 15.0 Å². The molecule has 190 valence electrons. The van der Waals surface area contributed by atoms with E-state index >= 15 is 0 Å². The number of hydrogen-bond acceptors (Lipinski definition) is 5. The number of para-hydroxylation sites is 2. The van der Waals surface area contributed by atoms with E-state index < -0.39 is 0 Å². The quantitative estimate of drug-likeness (QED) is 0.0562. The average Bonchev–Trinajstić information content (AvgIpc) is 2.76. The van der Waals surface area contributed by atoms with Gasteiger partial charge in [-0.05, 0) is 31.9 Å². The van der Waals surface area contributed by atoms with Crippen molar-refractivity contribution in [3.63, 3.8) is 0 Å². The summed E-state index contributed by atoms with van der Waals surface area (Å²) in [7, 11) is 0. The number of benzene rings is 1. The van der Waals surface area contributed by atoms with Crippen molar-refractivity contribution in [1.29, 1.82) is 5.41 Å². The third-order valence-electron chi connectivity index (χ3n) is 4.64. The van der Waals surface area contributed by atoms with Crippen LogP contribution in [-0.2, 0) is 14.3 Å². The predicted molar refractivity (Wildman–Crippen MR) is 145 cm³/mol. The van der Waals surface area contributed by atoms with Crippen molar-refractivity contribution >= 4 is 52.8 Å². The molecular weight excluding hydrogens is 506 g/mol. The summed E-state index contributed by atoms with van der Waals surface area (Å²) in [6.45, 7) is 5.54. The van der Waals surface area contributed by atoms with Crippen LogP contribution in [0.25, 0.3) is 0 Å². The lowest BCUT2D eigenvalue weighted by Crippen LogP contribution is -2.23. The molecule has 1 amide bonds. The average molecular weight is 549 g/mol. The minimum atomic E-state index is -0.205. The zero-order valence-electron chi connectivity index (χ0n) is 20.1. The first kappa shape index (κ1) is 33.4. The molecule has 0 radical (unpaired) electrons. The van der Waals surface area contributed by atoms with E-state index in [-0.39, 0.29) is 28.1 Å². The molecule has 0 heterocycles. The fraction of sp³-hybridized carbons (Fsp3) is 0.625. The van der Waals surface area contributed by atoms with E-state index in [1.165, 1.54) is 38.5 Å². The summed E-state index contributed by atoms with van der Waals surface area (Å²) in [5.41, 5.74) is 5.35. The molecule has 0 bridgehead atoms. The SMILES string of the molecule is Br.CCCCCCCCCCN(C=O)c1ccccc1OCCCC(=O)OCC.N=C(N)S. The van der Waals surface area contributed by atoms with Crippen LogP contribution in [0.1, 0.15) is 78.1 Å². The van der Waals surface area contributed by atoms with Crippen LogP contribution < -0.4 is 15.4 Å². The zero-order valence-corrected chi connectivity index (χ0v) is 22.7. The lowest BCUT2D eigenvalue weighted by molar-refractivity contribution is -0.143. The van der Waals surface area contributed by atoms with E-state index in [9.17, 15) is 9.59 Å². The van der Waals surface area contributed by atoms with E-state index in [2.05, 4.69) is 25.3 Å². The number of rotatable bonds is 17. The molecule has 0 aromatic heterocycles. The summed E-state index contributed by atoms with van der Waals surface area (Å²) in [6, 6.07) is 7.57. The summed E-state index contributed by atoms with van der Waals surface area (Å²) >= 11 is 3.33. The van der Waals surface area contributed by atoms with Gasteiger partial charge in [-0.25, -0.2) is 0 Å². The second-order valence-corrected chi connectivity index (χ2v) is 7.87. The molecule has 9 heteroatoms. The Bertz CT molecular complexity index is 646. The minimum Gasteiger partial charge on any atom is -0.491 e. The zero-order chi connectivity index (χ0) is 24.0. The molecule has 0 aliphatic heterocycles. The molecule has 3 N–H and O–H groups in total. The van der Waals surface area contributed by atoms with E-state index in [4.69, 9.17) is 14.9 Å². The summed E-state index contributed by atoms with van der Waals surface area (Å²) in [4.78, 5) is 24.7. The van der Waals surface area contributed by atoms with Crippen LogP contribution in [0.3, 0.4) is 0 Å². The molecule has 1 aromatic carbocycles. The smallest absolute Gasteiger partial charge is 0.305 e. The number of carbonyl (C=O) groups excluding carboxylic acids is 2. The third kappa shape index (κ3) is 19.4. The van der Waals surface area contributed by atoms with Crippen LogP contribution >= 0.6 is 29.6 Å². The Morgan fingerprint density at radius 1 is 1.06 bits per heavy atom. The maximum Gasteiger partial charge on any atom is 0.305 e. The Kier molecular flexibility index (Phi) is 23.7. The van der Waals surface area contributed by atoms with Gasteiger partial charge in [-0.15, -0.1) is 29.6 Å². The van der Waals surface area contributed by atoms with Crippen LogP contribution in [0, 0.1) is 5.41 Å². The van der Waals surface area contributed by atoms with E-state index in [1.807, 2.05) is 24.3 Å². The Morgan fingerprint density at radius 2 is 1.64 bits per heavy atom. The molecular formula is C24H42BrN3O4S.